The van der Waals surface area contributed by atoms with Crippen molar-refractivity contribution in [3.05, 3.63) is 47.2 Å². The Kier molecular flexibility index (Phi) is 3.69. The fourth-order valence-electron chi connectivity index (χ4n) is 3.27. The number of carbonyl (C=O) groups is 1. The van der Waals surface area contributed by atoms with Crippen molar-refractivity contribution in [1.82, 2.24) is 14.8 Å². The van der Waals surface area contributed by atoms with Gasteiger partial charge in [0.1, 0.15) is 6.04 Å². The van der Waals surface area contributed by atoms with Gasteiger partial charge in [0.2, 0.25) is 11.1 Å². The molecule has 0 saturated heterocycles. The first-order chi connectivity index (χ1) is 11.3. The number of fused-ring (bicyclic) bond motifs is 1. The van der Waals surface area contributed by atoms with Crippen LogP contribution in [0.1, 0.15) is 37.8 Å². The lowest BCUT2D eigenvalue weighted by molar-refractivity contribution is -0.116. The van der Waals surface area contributed by atoms with Crippen LogP contribution in [0, 0.1) is 0 Å². The Bertz CT molecular complexity index is 781. The highest BCUT2D eigenvalue weighted by atomic mass is 32.2. The van der Waals surface area contributed by atoms with Crippen molar-refractivity contribution in [3.63, 3.8) is 0 Å². The number of aromatic nitrogens is 3. The van der Waals surface area contributed by atoms with Crippen molar-refractivity contribution in [1.29, 1.82) is 0 Å². The van der Waals surface area contributed by atoms with Crippen LogP contribution in [-0.4, -0.2) is 26.3 Å². The van der Waals surface area contributed by atoms with Gasteiger partial charge in [0.05, 0.1) is 0 Å². The summed E-state index contributed by atoms with van der Waals surface area (Å²) in [5.41, 5.74) is 2.95. The molecule has 1 N–H and O–H groups in total. The fraction of sp³-hybridized carbons (Fsp3) is 0.353. The summed E-state index contributed by atoms with van der Waals surface area (Å²) in [6.45, 7) is 2.08. The number of carbonyl (C=O) groups excluding carboxylic acids is 1. The standard InChI is InChI=1S/C17H18N4OS/c1-2-23-17-19-16-18-12-9-6-10-13(22)14(12)15(21(16)20-17)11-7-4-3-5-8-11/h3-5,7-8,15H,2,6,9-10H2,1H3,(H,18,19,20). The monoisotopic (exact) mass is 326 g/mol. The van der Waals surface area contributed by atoms with E-state index >= 15 is 0 Å². The normalized spacial score (nSPS) is 20.0. The summed E-state index contributed by atoms with van der Waals surface area (Å²) in [6, 6.07) is 9.94. The van der Waals surface area contributed by atoms with E-state index in [0.717, 1.165) is 46.5 Å². The Hall–Kier alpha value is -2.08. The SMILES string of the molecule is CCSc1nc2n(n1)C(c1ccccc1)C1=C(CCCC1=O)N2. The molecule has 23 heavy (non-hydrogen) atoms. The van der Waals surface area contributed by atoms with E-state index in [0.29, 0.717) is 6.42 Å². The maximum absolute atomic E-state index is 12.6. The predicted octanol–water partition coefficient (Wildman–Crippen LogP) is 3.41. The molecule has 1 aliphatic carbocycles. The van der Waals surface area contributed by atoms with E-state index in [1.165, 1.54) is 0 Å². The maximum atomic E-state index is 12.6. The number of rotatable bonds is 3. The maximum Gasteiger partial charge on any atom is 0.227 e. The van der Waals surface area contributed by atoms with Gasteiger partial charge in [-0.05, 0) is 24.2 Å². The molecule has 5 nitrogen and oxygen atoms in total. The Balaban J connectivity index is 1.87. The molecule has 6 heteroatoms. The Morgan fingerprint density at radius 2 is 2.13 bits per heavy atom. The second kappa shape index (κ2) is 5.85. The zero-order valence-electron chi connectivity index (χ0n) is 13.0. The van der Waals surface area contributed by atoms with Crippen LogP contribution < -0.4 is 5.32 Å². The molecule has 1 atom stereocenters. The largest absolute Gasteiger partial charge is 0.328 e. The lowest BCUT2D eigenvalue weighted by Gasteiger charge is -2.32. The van der Waals surface area contributed by atoms with Gasteiger partial charge in [0.25, 0.3) is 0 Å². The minimum atomic E-state index is -0.172. The fourth-order valence-corrected chi connectivity index (χ4v) is 3.83. The third-order valence-electron chi connectivity index (χ3n) is 4.24. The average molecular weight is 326 g/mol. The van der Waals surface area contributed by atoms with Gasteiger partial charge in [0.15, 0.2) is 5.78 Å². The molecule has 1 aromatic heterocycles. The highest BCUT2D eigenvalue weighted by Crippen LogP contribution is 2.40. The number of hydrogen-bond acceptors (Lipinski definition) is 5. The van der Waals surface area contributed by atoms with E-state index in [1.807, 2.05) is 22.9 Å². The van der Waals surface area contributed by atoms with Gasteiger partial charge in [-0.3, -0.25) is 4.79 Å². The quantitative estimate of drug-likeness (QED) is 0.876. The van der Waals surface area contributed by atoms with Crippen LogP contribution in [0.2, 0.25) is 0 Å². The summed E-state index contributed by atoms with van der Waals surface area (Å²) in [5.74, 6) is 1.88. The minimum absolute atomic E-state index is 0.172. The predicted molar refractivity (Wildman–Crippen MR) is 90.5 cm³/mol. The number of hydrogen-bond donors (Lipinski definition) is 1. The number of ketones is 1. The van der Waals surface area contributed by atoms with Gasteiger partial charge in [-0.2, -0.15) is 4.98 Å². The van der Waals surface area contributed by atoms with Crippen LogP contribution >= 0.6 is 11.8 Å². The first-order valence-electron chi connectivity index (χ1n) is 7.95. The highest BCUT2D eigenvalue weighted by molar-refractivity contribution is 7.99. The van der Waals surface area contributed by atoms with Gasteiger partial charge < -0.3 is 5.32 Å². The van der Waals surface area contributed by atoms with Crippen molar-refractivity contribution in [2.45, 2.75) is 37.4 Å². The van der Waals surface area contributed by atoms with E-state index in [1.54, 1.807) is 11.8 Å². The molecule has 0 spiro atoms. The van der Waals surface area contributed by atoms with Crippen molar-refractivity contribution < 1.29 is 4.79 Å². The van der Waals surface area contributed by atoms with Gasteiger partial charge >= 0.3 is 0 Å². The van der Waals surface area contributed by atoms with Crippen molar-refractivity contribution in [2.75, 3.05) is 11.1 Å². The van der Waals surface area contributed by atoms with Crippen molar-refractivity contribution in [2.24, 2.45) is 0 Å². The number of nitrogens with zero attached hydrogens (tertiary/aromatic N) is 3. The smallest absolute Gasteiger partial charge is 0.227 e. The second-order valence-corrected chi connectivity index (χ2v) is 6.93. The second-order valence-electron chi connectivity index (χ2n) is 5.70. The Labute approximate surface area is 139 Å². The summed E-state index contributed by atoms with van der Waals surface area (Å²) < 4.78 is 1.87. The third-order valence-corrected chi connectivity index (χ3v) is 4.96. The molecule has 118 valence electrons. The van der Waals surface area contributed by atoms with Gasteiger partial charge in [-0.25, -0.2) is 4.68 Å². The molecule has 4 rings (SSSR count). The summed E-state index contributed by atoms with van der Waals surface area (Å²) >= 11 is 1.61. The third kappa shape index (κ3) is 2.47. The van der Waals surface area contributed by atoms with Gasteiger partial charge in [0, 0.05) is 17.7 Å². The number of anilines is 1. The van der Waals surface area contributed by atoms with Crippen LogP contribution in [0.3, 0.4) is 0 Å². The minimum Gasteiger partial charge on any atom is -0.328 e. The van der Waals surface area contributed by atoms with Crippen LogP contribution in [0.5, 0.6) is 0 Å². The molecular formula is C17H18N4OS. The first kappa shape index (κ1) is 14.5. The molecule has 0 saturated carbocycles. The molecule has 2 heterocycles. The number of benzene rings is 1. The molecule has 1 aromatic carbocycles. The summed E-state index contributed by atoms with van der Waals surface area (Å²) in [5, 5.41) is 8.74. The number of nitrogens with one attached hydrogen (secondary N) is 1. The molecule has 2 aliphatic rings. The van der Waals surface area contributed by atoms with Crippen molar-refractivity contribution in [3.8, 4) is 0 Å². The lowest BCUT2D eigenvalue weighted by atomic mass is 9.85. The zero-order valence-corrected chi connectivity index (χ0v) is 13.8. The molecule has 2 aromatic rings. The molecule has 0 radical (unpaired) electrons. The lowest BCUT2D eigenvalue weighted by Crippen LogP contribution is -2.31. The van der Waals surface area contributed by atoms with Crippen molar-refractivity contribution >= 4 is 23.5 Å². The van der Waals surface area contributed by atoms with Gasteiger partial charge in [-0.15, -0.1) is 5.10 Å². The molecule has 1 aliphatic heterocycles. The van der Waals surface area contributed by atoms with Crippen LogP contribution in [0.4, 0.5) is 5.95 Å². The average Bonchev–Trinajstić information content (AvgIpc) is 2.96. The number of Topliss-reactive ketones (excluding diaryl/α,β-unsaturated/α-hetero) is 1. The van der Waals surface area contributed by atoms with E-state index in [4.69, 9.17) is 0 Å². The summed E-state index contributed by atoms with van der Waals surface area (Å²) in [4.78, 5) is 17.2. The van der Waals surface area contributed by atoms with E-state index in [9.17, 15) is 4.79 Å². The number of allylic oxidation sites excluding steroid dienone is 2. The Morgan fingerprint density at radius 3 is 2.91 bits per heavy atom. The molecule has 0 bridgehead atoms. The topological polar surface area (TPSA) is 59.8 Å². The van der Waals surface area contributed by atoms with Crippen LogP contribution in [-0.2, 0) is 4.79 Å². The molecule has 0 fully saturated rings. The van der Waals surface area contributed by atoms with E-state index < -0.39 is 0 Å². The molecule has 1 unspecified atom stereocenters. The number of thioether (sulfide) groups is 1. The van der Waals surface area contributed by atoms with Crippen LogP contribution in [0.25, 0.3) is 0 Å². The summed E-state index contributed by atoms with van der Waals surface area (Å²) in [6.07, 6.45) is 2.41. The van der Waals surface area contributed by atoms with E-state index in [-0.39, 0.29) is 11.8 Å². The molecular weight excluding hydrogens is 308 g/mol. The van der Waals surface area contributed by atoms with E-state index in [2.05, 4.69) is 34.5 Å². The Morgan fingerprint density at radius 1 is 1.30 bits per heavy atom. The summed E-state index contributed by atoms with van der Waals surface area (Å²) in [7, 11) is 0. The highest BCUT2D eigenvalue weighted by Gasteiger charge is 2.36. The first-order valence-corrected chi connectivity index (χ1v) is 8.94. The van der Waals surface area contributed by atoms with Gasteiger partial charge in [-0.1, -0.05) is 49.0 Å². The zero-order chi connectivity index (χ0) is 15.8. The van der Waals surface area contributed by atoms with Crippen LogP contribution in [0.15, 0.2) is 46.8 Å². The molecule has 0 amide bonds.